The lowest BCUT2D eigenvalue weighted by atomic mass is 10.3. The van der Waals surface area contributed by atoms with E-state index in [0.717, 1.165) is 18.2 Å². The molecule has 0 unspecified atom stereocenters. The summed E-state index contributed by atoms with van der Waals surface area (Å²) in [5, 5.41) is 2.50. The number of thiol groups is 1. The lowest BCUT2D eigenvalue weighted by Gasteiger charge is -2.02. The van der Waals surface area contributed by atoms with Gasteiger partial charge in [0.25, 0.3) is 0 Å². The molecule has 5 heteroatoms. The first-order valence-corrected chi connectivity index (χ1v) is 3.89. The third kappa shape index (κ3) is 2.75. The average Bonchev–Trinajstić information content (AvgIpc) is 1.81. The van der Waals surface area contributed by atoms with Gasteiger partial charge >= 0.3 is 0 Å². The summed E-state index contributed by atoms with van der Waals surface area (Å²) >= 11 is 8.33. The molecule has 0 aliphatic carbocycles. The second kappa shape index (κ2) is 3.82. The number of hydrogen-bond acceptors (Lipinski definition) is 1. The van der Waals surface area contributed by atoms with Crippen molar-refractivity contribution in [3.05, 3.63) is 29.8 Å². The molecule has 1 nitrogen and oxygen atoms in total. The van der Waals surface area contributed by atoms with Crippen molar-refractivity contribution in [2.75, 3.05) is 5.32 Å². The highest BCUT2D eigenvalue weighted by atomic mass is 32.1. The van der Waals surface area contributed by atoms with E-state index in [1.54, 1.807) is 0 Å². The Kier molecular flexibility index (Phi) is 2.99. The molecule has 0 atom stereocenters. The third-order valence-corrected chi connectivity index (χ3v) is 1.33. The summed E-state index contributed by atoms with van der Waals surface area (Å²) in [5.74, 6) is -1.30. The zero-order valence-corrected chi connectivity index (χ0v) is 7.55. The maximum absolute atomic E-state index is 12.5. The molecule has 0 saturated heterocycles. The minimum absolute atomic E-state index is 0.167. The number of rotatable bonds is 1. The molecule has 0 bridgehead atoms. The van der Waals surface area contributed by atoms with Gasteiger partial charge in [-0.05, 0) is 12.1 Å². The van der Waals surface area contributed by atoms with Crippen molar-refractivity contribution < 1.29 is 8.78 Å². The van der Waals surface area contributed by atoms with Gasteiger partial charge in [0.15, 0.2) is 0 Å². The van der Waals surface area contributed by atoms with Crippen LogP contribution in [-0.4, -0.2) is 4.32 Å². The first-order valence-electron chi connectivity index (χ1n) is 3.04. The molecule has 0 heterocycles. The predicted molar refractivity (Wildman–Crippen MR) is 51.6 cm³/mol. The standard InChI is InChI=1S/C7H5F2NS2/c8-4-1-5(9)3-6(2-4)10-7(11)12/h1-3H,(H2,10,11,12). The van der Waals surface area contributed by atoms with Crippen LogP contribution >= 0.6 is 24.8 Å². The van der Waals surface area contributed by atoms with Crippen LogP contribution in [0.2, 0.25) is 0 Å². The lowest BCUT2D eigenvalue weighted by Crippen LogP contribution is -2.01. The fraction of sp³-hybridized carbons (Fsp3) is 0. The molecule has 1 aromatic rings. The van der Waals surface area contributed by atoms with Gasteiger partial charge in [-0.15, -0.1) is 12.6 Å². The Morgan fingerprint density at radius 2 is 1.75 bits per heavy atom. The first kappa shape index (κ1) is 9.41. The Hall–Kier alpha value is -0.680. The molecular weight excluding hydrogens is 200 g/mol. The molecule has 0 aliphatic heterocycles. The Morgan fingerprint density at radius 1 is 1.25 bits per heavy atom. The highest BCUT2D eigenvalue weighted by Crippen LogP contribution is 2.13. The zero-order chi connectivity index (χ0) is 9.14. The molecule has 64 valence electrons. The van der Waals surface area contributed by atoms with Crippen LogP contribution in [0.15, 0.2) is 18.2 Å². The second-order valence-electron chi connectivity index (χ2n) is 2.09. The van der Waals surface area contributed by atoms with Crippen LogP contribution in [-0.2, 0) is 0 Å². The summed E-state index contributed by atoms with van der Waals surface area (Å²) in [5.41, 5.74) is 0.257. The van der Waals surface area contributed by atoms with Crippen molar-refractivity contribution in [1.29, 1.82) is 0 Å². The minimum atomic E-state index is -0.651. The van der Waals surface area contributed by atoms with Crippen LogP contribution in [0.5, 0.6) is 0 Å². The lowest BCUT2D eigenvalue weighted by molar-refractivity contribution is 0.584. The summed E-state index contributed by atoms with van der Waals surface area (Å²) < 4.78 is 25.2. The normalized spacial score (nSPS) is 9.58. The van der Waals surface area contributed by atoms with Crippen LogP contribution in [0.1, 0.15) is 0 Å². The molecule has 0 radical (unpaired) electrons. The van der Waals surface area contributed by atoms with Gasteiger partial charge in [0.05, 0.1) is 0 Å². The van der Waals surface area contributed by atoms with Crippen molar-refractivity contribution in [2.24, 2.45) is 0 Å². The van der Waals surface area contributed by atoms with Gasteiger partial charge in [-0.25, -0.2) is 8.78 Å². The van der Waals surface area contributed by atoms with Crippen LogP contribution in [0.3, 0.4) is 0 Å². The molecule has 1 N–H and O–H groups in total. The smallest absolute Gasteiger partial charge is 0.135 e. The van der Waals surface area contributed by atoms with Gasteiger partial charge in [0.1, 0.15) is 16.0 Å². The van der Waals surface area contributed by atoms with E-state index in [2.05, 4.69) is 30.2 Å². The number of halogens is 2. The summed E-state index contributed by atoms with van der Waals surface area (Å²) in [6, 6.07) is 3.05. The molecule has 0 saturated carbocycles. The SMILES string of the molecule is Fc1cc(F)cc(NC(=S)S)c1. The van der Waals surface area contributed by atoms with Crippen LogP contribution in [0.4, 0.5) is 14.5 Å². The van der Waals surface area contributed by atoms with Crippen molar-refractivity contribution in [2.45, 2.75) is 0 Å². The summed E-state index contributed by atoms with van der Waals surface area (Å²) in [6.45, 7) is 0. The van der Waals surface area contributed by atoms with Gasteiger partial charge in [-0.1, -0.05) is 12.2 Å². The second-order valence-corrected chi connectivity index (χ2v) is 3.25. The molecule has 0 aliphatic rings. The Morgan fingerprint density at radius 3 is 2.17 bits per heavy atom. The molecule has 0 spiro atoms. The quantitative estimate of drug-likeness (QED) is 0.540. The zero-order valence-electron chi connectivity index (χ0n) is 5.84. The van der Waals surface area contributed by atoms with Gasteiger partial charge < -0.3 is 5.32 Å². The molecule has 0 fully saturated rings. The average molecular weight is 205 g/mol. The highest BCUT2D eigenvalue weighted by molar-refractivity contribution is 8.11. The van der Waals surface area contributed by atoms with Crippen LogP contribution in [0.25, 0.3) is 0 Å². The summed E-state index contributed by atoms with van der Waals surface area (Å²) in [4.78, 5) is 0. The summed E-state index contributed by atoms with van der Waals surface area (Å²) in [7, 11) is 0. The minimum Gasteiger partial charge on any atom is -0.341 e. The van der Waals surface area contributed by atoms with E-state index in [9.17, 15) is 8.78 Å². The van der Waals surface area contributed by atoms with Crippen molar-refractivity contribution in [3.63, 3.8) is 0 Å². The number of anilines is 1. The molecule has 0 amide bonds. The molecule has 0 aromatic heterocycles. The Labute approximate surface area is 79.2 Å². The Balaban J connectivity index is 2.93. The largest absolute Gasteiger partial charge is 0.341 e. The number of thiocarbonyl (C=S) groups is 1. The maximum Gasteiger partial charge on any atom is 0.135 e. The van der Waals surface area contributed by atoms with E-state index in [4.69, 9.17) is 0 Å². The molecule has 12 heavy (non-hydrogen) atoms. The van der Waals surface area contributed by atoms with E-state index < -0.39 is 11.6 Å². The van der Waals surface area contributed by atoms with Gasteiger partial charge in [0.2, 0.25) is 0 Å². The number of nitrogens with one attached hydrogen (secondary N) is 1. The van der Waals surface area contributed by atoms with Crippen molar-refractivity contribution >= 4 is 34.9 Å². The van der Waals surface area contributed by atoms with E-state index in [-0.39, 0.29) is 10.0 Å². The topological polar surface area (TPSA) is 12.0 Å². The van der Waals surface area contributed by atoms with E-state index in [1.165, 1.54) is 0 Å². The maximum atomic E-state index is 12.5. The molecular formula is C7H5F2NS2. The van der Waals surface area contributed by atoms with Gasteiger partial charge in [-0.2, -0.15) is 0 Å². The fourth-order valence-electron chi connectivity index (χ4n) is 0.749. The van der Waals surface area contributed by atoms with E-state index in [1.807, 2.05) is 0 Å². The van der Waals surface area contributed by atoms with Gasteiger partial charge in [-0.3, -0.25) is 0 Å². The molecule has 1 rings (SSSR count). The summed E-state index contributed by atoms with van der Waals surface area (Å²) in [6.07, 6.45) is 0. The van der Waals surface area contributed by atoms with Crippen molar-refractivity contribution in [3.8, 4) is 0 Å². The van der Waals surface area contributed by atoms with Crippen molar-refractivity contribution in [1.82, 2.24) is 0 Å². The first-order chi connectivity index (χ1) is 5.58. The van der Waals surface area contributed by atoms with Crippen LogP contribution < -0.4 is 5.32 Å². The van der Waals surface area contributed by atoms with Gasteiger partial charge in [0, 0.05) is 11.8 Å². The number of benzene rings is 1. The molecule has 1 aromatic carbocycles. The highest BCUT2D eigenvalue weighted by Gasteiger charge is 1.99. The van der Waals surface area contributed by atoms with Crippen LogP contribution in [0, 0.1) is 11.6 Å². The monoisotopic (exact) mass is 205 g/mol. The third-order valence-electron chi connectivity index (χ3n) is 1.11. The number of hydrogen-bond donors (Lipinski definition) is 2. The fourth-order valence-corrected chi connectivity index (χ4v) is 0.996. The predicted octanol–water partition coefficient (Wildman–Crippen LogP) is 2.59. The Bertz CT molecular complexity index is 294. The van der Waals surface area contributed by atoms with E-state index in [0.29, 0.717) is 0 Å². The van der Waals surface area contributed by atoms with E-state index >= 15 is 0 Å².